The van der Waals surface area contributed by atoms with Crippen molar-refractivity contribution in [3.63, 3.8) is 0 Å². The molecule has 4 N–H and O–H groups in total. The Morgan fingerprint density at radius 1 is 1.00 bits per heavy atom. The monoisotopic (exact) mass is 374 g/mol. The summed E-state index contributed by atoms with van der Waals surface area (Å²) in [5.41, 5.74) is 9.45. The largest absolute Gasteiger partial charge is 0.405 e. The molecule has 80 valence electrons. The van der Waals surface area contributed by atoms with Crippen molar-refractivity contribution in [2.75, 3.05) is 0 Å². The summed E-state index contributed by atoms with van der Waals surface area (Å²) in [5, 5.41) is 0. The Labute approximate surface area is 121 Å². The minimum absolute atomic E-state index is 0. The second-order valence-electron chi connectivity index (χ2n) is 0.554. The fourth-order valence-corrected chi connectivity index (χ4v) is 0. The van der Waals surface area contributed by atoms with Crippen LogP contribution in [-0.2, 0) is 37.1 Å². The van der Waals surface area contributed by atoms with Gasteiger partial charge in [-0.1, -0.05) is 56.9 Å². The smallest absolute Gasteiger partial charge is 0 e. The van der Waals surface area contributed by atoms with E-state index in [2.05, 4.69) is 12.3 Å². The molecule has 0 amide bonds. The van der Waals surface area contributed by atoms with Crippen LogP contribution < -0.4 is 11.5 Å². The van der Waals surface area contributed by atoms with Crippen molar-refractivity contribution in [1.29, 1.82) is 0 Å². The molecule has 2 radical (unpaired) electrons. The maximum absolute atomic E-state index is 4.84. The molecular weight excluding hydrogens is 353 g/mol. The normalized spacial score (nSPS) is 4.69. The van der Waals surface area contributed by atoms with Crippen LogP contribution >= 0.6 is 22.6 Å². The van der Waals surface area contributed by atoms with E-state index < -0.39 is 0 Å². The van der Waals surface area contributed by atoms with E-state index in [1.54, 1.807) is 4.08 Å². The number of nitrogens with two attached hydrogens (primary N) is 2. The molecule has 0 spiro atoms. The second kappa shape index (κ2) is 118. The molecule has 5 heteroatoms. The average Bonchev–Trinajstić information content (AvgIpc) is 2.12. The van der Waals surface area contributed by atoms with Crippen molar-refractivity contribution < 1.29 is 37.1 Å². The van der Waals surface area contributed by atoms with Gasteiger partial charge in [0.05, 0.1) is 0 Å². The van der Waals surface area contributed by atoms with Crippen LogP contribution in [-0.4, -0.2) is 0 Å². The summed E-state index contributed by atoms with van der Waals surface area (Å²) in [6.07, 6.45) is 2.74. The molecule has 13 heavy (non-hydrogen) atoms. The van der Waals surface area contributed by atoms with Gasteiger partial charge in [-0.15, -0.1) is 0 Å². The van der Waals surface area contributed by atoms with Crippen molar-refractivity contribution in [1.82, 2.24) is 0 Å². The van der Waals surface area contributed by atoms with Crippen LogP contribution in [0.4, 0.5) is 0 Å². The third-order valence-electron chi connectivity index (χ3n) is 0.0727. The molecule has 0 fully saturated rings. The first-order valence-electron chi connectivity index (χ1n) is 3.63. The van der Waals surface area contributed by atoms with Crippen molar-refractivity contribution in [3.8, 4) is 0 Å². The summed E-state index contributed by atoms with van der Waals surface area (Å²) in [4.78, 5) is 0. The summed E-state index contributed by atoms with van der Waals surface area (Å²) in [5.74, 6) is 0. The minimum Gasteiger partial charge on any atom is -0.405 e. The summed E-state index contributed by atoms with van der Waals surface area (Å²) in [6, 6.07) is 0. The fourth-order valence-electron chi connectivity index (χ4n) is 0. The van der Waals surface area contributed by atoms with Gasteiger partial charge in [-0.05, 0) is 16.5 Å². The van der Waals surface area contributed by atoms with Crippen molar-refractivity contribution in [2.24, 2.45) is 11.5 Å². The average molecular weight is 374 g/mol. The Morgan fingerprint density at radius 3 is 1.08 bits per heavy atom. The Hall–Kier alpha value is 0.979. The minimum atomic E-state index is 0. The van der Waals surface area contributed by atoms with Crippen LogP contribution in [0.5, 0.6) is 0 Å². The zero-order valence-electron chi connectivity index (χ0n) is 8.87. The van der Waals surface area contributed by atoms with Crippen molar-refractivity contribution >= 4 is 22.6 Å². The van der Waals surface area contributed by atoms with E-state index in [1.165, 1.54) is 12.4 Å². The number of hydrogen-bond donors (Lipinski definition) is 2. The maximum atomic E-state index is 4.84. The topological polar surface area (TPSA) is 52.0 Å². The van der Waals surface area contributed by atoms with Crippen molar-refractivity contribution in [2.45, 2.75) is 27.7 Å². The number of rotatable bonds is 0. The van der Waals surface area contributed by atoms with Crippen LogP contribution in [0.3, 0.4) is 0 Å². The predicted octanol–water partition coefficient (Wildman–Crippen LogP) is 2.99. The molecule has 0 aliphatic rings. The first-order valence-corrected chi connectivity index (χ1v) is 4.87. The second-order valence-corrected chi connectivity index (χ2v) is 1.27. The third-order valence-corrected chi connectivity index (χ3v) is 0.488. The van der Waals surface area contributed by atoms with Crippen LogP contribution in [0, 0.1) is 0 Å². The molecule has 0 saturated carbocycles. The molecule has 0 atom stereocenters. The van der Waals surface area contributed by atoms with E-state index in [-0.39, 0.29) is 37.1 Å². The SMILES string of the molecule is C=CN.CC.CC.NC=CI.[V].[V]. The Kier molecular flexibility index (Phi) is 335. The zero-order valence-corrected chi connectivity index (χ0v) is 13.8. The zero-order chi connectivity index (χ0) is 10.1. The molecule has 0 unspecified atom stereocenters. The van der Waals surface area contributed by atoms with Crippen LogP contribution in [0.15, 0.2) is 23.1 Å². The van der Waals surface area contributed by atoms with E-state index in [1.807, 2.05) is 50.3 Å². The summed E-state index contributed by atoms with van der Waals surface area (Å²) < 4.78 is 1.75. The molecule has 0 aromatic rings. The summed E-state index contributed by atoms with van der Waals surface area (Å²) in [6.45, 7) is 11.1. The maximum Gasteiger partial charge on any atom is 0 e. The molecule has 2 nitrogen and oxygen atoms in total. The van der Waals surface area contributed by atoms with Crippen molar-refractivity contribution in [3.05, 3.63) is 23.1 Å². The Morgan fingerprint density at radius 2 is 1.08 bits per heavy atom. The van der Waals surface area contributed by atoms with Gasteiger partial charge in [0.2, 0.25) is 0 Å². The molecule has 0 aromatic heterocycles. The number of hydrogen-bond acceptors (Lipinski definition) is 2. The van der Waals surface area contributed by atoms with Gasteiger partial charge in [-0.2, -0.15) is 0 Å². The first-order chi connectivity index (χ1) is 5.33. The number of halogens is 1. The molecule has 0 bridgehead atoms. The first kappa shape index (κ1) is 37.0. The molecular formula is C8H21IN2V2. The fraction of sp³-hybridized carbons (Fsp3) is 0.500. The van der Waals surface area contributed by atoms with Crippen LogP contribution in [0.25, 0.3) is 0 Å². The summed E-state index contributed by atoms with van der Waals surface area (Å²) >= 11 is 2.05. The molecule has 0 aromatic carbocycles. The van der Waals surface area contributed by atoms with E-state index in [0.717, 1.165) is 0 Å². The standard InChI is InChI=1S/C2H4IN.C2H5N.2C2H6.2V/c3-1-2-4;1-2-3;2*1-2;;/h1-2H,4H2;2H,1,3H2;2*1-2H3;;. The molecule has 0 saturated heterocycles. The van der Waals surface area contributed by atoms with Crippen LogP contribution in [0.1, 0.15) is 27.7 Å². The van der Waals surface area contributed by atoms with E-state index in [9.17, 15) is 0 Å². The molecule has 0 aliphatic heterocycles. The molecule has 0 rings (SSSR count). The molecule has 0 heterocycles. The quantitative estimate of drug-likeness (QED) is 0.641. The van der Waals surface area contributed by atoms with Gasteiger partial charge in [0.1, 0.15) is 0 Å². The van der Waals surface area contributed by atoms with E-state index in [4.69, 9.17) is 5.73 Å². The Balaban J connectivity index is -0.0000000125. The summed E-state index contributed by atoms with van der Waals surface area (Å²) in [7, 11) is 0. The van der Waals surface area contributed by atoms with Gasteiger partial charge < -0.3 is 11.5 Å². The van der Waals surface area contributed by atoms with Gasteiger partial charge in [-0.25, -0.2) is 0 Å². The van der Waals surface area contributed by atoms with Gasteiger partial charge >= 0.3 is 0 Å². The van der Waals surface area contributed by atoms with E-state index in [0.29, 0.717) is 0 Å². The third kappa shape index (κ3) is 400. The van der Waals surface area contributed by atoms with E-state index >= 15 is 0 Å². The van der Waals surface area contributed by atoms with Gasteiger partial charge in [-0.3, -0.25) is 0 Å². The van der Waals surface area contributed by atoms with Gasteiger partial charge in [0.25, 0.3) is 0 Å². The van der Waals surface area contributed by atoms with Gasteiger partial charge in [0, 0.05) is 37.1 Å². The molecule has 0 aliphatic carbocycles. The predicted molar refractivity (Wildman–Crippen MR) is 64.4 cm³/mol. The van der Waals surface area contributed by atoms with Crippen LogP contribution in [0.2, 0.25) is 0 Å². The van der Waals surface area contributed by atoms with Gasteiger partial charge in [0.15, 0.2) is 0 Å². The Bertz CT molecular complexity index is 58.1.